The molecule has 5 rings (SSSR count). The Morgan fingerprint density at radius 1 is 0.833 bits per heavy atom. The molecule has 0 N–H and O–H groups in total. The third kappa shape index (κ3) is 1.85. The van der Waals surface area contributed by atoms with Crippen LogP contribution in [0.3, 0.4) is 0 Å². The molecule has 0 aliphatic heterocycles. The van der Waals surface area contributed by atoms with Crippen molar-refractivity contribution in [3.63, 3.8) is 0 Å². The van der Waals surface area contributed by atoms with Gasteiger partial charge in [0.2, 0.25) is 0 Å². The van der Waals surface area contributed by atoms with Crippen LogP contribution in [0.5, 0.6) is 0 Å². The molecular weight excluding hydrogens is 294 g/mol. The maximum atomic E-state index is 4.88. The molecule has 0 radical (unpaired) electrons. The minimum Gasteiger partial charge on any atom is -0.278 e. The number of rotatable bonds is 1. The first-order valence-electron chi connectivity index (χ1n) is 8.03. The number of nitrogens with zero attached hydrogens (tertiary/aromatic N) is 3. The SMILES string of the molecule is Cc1ccc2nc(-n3c4ccccc4c4cccnc43)ccc2c1. The number of aromatic nitrogens is 3. The number of para-hydroxylation sites is 1. The minimum atomic E-state index is 0.899. The first kappa shape index (κ1) is 13.3. The number of fused-ring (bicyclic) bond motifs is 4. The lowest BCUT2D eigenvalue weighted by molar-refractivity contribution is 1.07. The van der Waals surface area contributed by atoms with Crippen LogP contribution < -0.4 is 0 Å². The Hall–Kier alpha value is -3.20. The minimum absolute atomic E-state index is 0.899. The molecule has 0 saturated heterocycles. The molecule has 3 heterocycles. The molecule has 3 aromatic heterocycles. The van der Waals surface area contributed by atoms with Crippen molar-refractivity contribution in [2.45, 2.75) is 6.92 Å². The summed E-state index contributed by atoms with van der Waals surface area (Å²) in [5, 5.41) is 3.51. The van der Waals surface area contributed by atoms with Gasteiger partial charge in [-0.2, -0.15) is 0 Å². The number of hydrogen-bond acceptors (Lipinski definition) is 2. The second kappa shape index (κ2) is 4.90. The maximum absolute atomic E-state index is 4.88. The van der Waals surface area contributed by atoms with E-state index in [4.69, 9.17) is 4.98 Å². The Kier molecular flexibility index (Phi) is 2.71. The Bertz CT molecular complexity index is 1160. The second-order valence-electron chi connectivity index (χ2n) is 6.09. The molecule has 0 saturated carbocycles. The fraction of sp³-hybridized carbons (Fsp3) is 0.0476. The lowest BCUT2D eigenvalue weighted by Crippen LogP contribution is -1.98. The van der Waals surface area contributed by atoms with E-state index in [1.165, 1.54) is 10.9 Å². The van der Waals surface area contributed by atoms with Crippen LogP contribution in [0.4, 0.5) is 0 Å². The van der Waals surface area contributed by atoms with Gasteiger partial charge in [0.25, 0.3) is 0 Å². The lowest BCUT2D eigenvalue weighted by Gasteiger charge is -2.07. The molecule has 0 unspecified atom stereocenters. The molecule has 3 nitrogen and oxygen atoms in total. The van der Waals surface area contributed by atoms with Crippen molar-refractivity contribution in [2.24, 2.45) is 0 Å². The molecule has 0 amide bonds. The second-order valence-corrected chi connectivity index (χ2v) is 6.09. The third-order valence-corrected chi connectivity index (χ3v) is 4.49. The van der Waals surface area contributed by atoms with Gasteiger partial charge in [0.05, 0.1) is 11.0 Å². The van der Waals surface area contributed by atoms with Gasteiger partial charge in [-0.1, -0.05) is 29.8 Å². The summed E-state index contributed by atoms with van der Waals surface area (Å²) in [7, 11) is 0. The van der Waals surface area contributed by atoms with Crippen LogP contribution >= 0.6 is 0 Å². The van der Waals surface area contributed by atoms with Crippen LogP contribution in [0.25, 0.3) is 38.7 Å². The molecule has 0 spiro atoms. The molecule has 2 aromatic carbocycles. The topological polar surface area (TPSA) is 30.7 Å². The molecule has 3 heteroatoms. The number of aryl methyl sites for hydroxylation is 1. The average Bonchev–Trinajstić information content (AvgIpc) is 2.96. The normalized spacial score (nSPS) is 11.5. The highest BCUT2D eigenvalue weighted by Gasteiger charge is 2.13. The summed E-state index contributed by atoms with van der Waals surface area (Å²) in [6.07, 6.45) is 1.84. The van der Waals surface area contributed by atoms with Crippen molar-refractivity contribution in [1.29, 1.82) is 0 Å². The molecule has 0 aliphatic rings. The summed E-state index contributed by atoms with van der Waals surface area (Å²) in [5.41, 5.74) is 4.32. The summed E-state index contributed by atoms with van der Waals surface area (Å²) >= 11 is 0. The van der Waals surface area contributed by atoms with Crippen LogP contribution in [0.2, 0.25) is 0 Å². The zero-order valence-electron chi connectivity index (χ0n) is 13.3. The molecular formula is C21H15N3. The van der Waals surface area contributed by atoms with Gasteiger partial charge >= 0.3 is 0 Å². The number of hydrogen-bond donors (Lipinski definition) is 0. The van der Waals surface area contributed by atoms with Crippen LogP contribution in [0.1, 0.15) is 5.56 Å². The van der Waals surface area contributed by atoms with E-state index in [-0.39, 0.29) is 0 Å². The van der Waals surface area contributed by atoms with Gasteiger partial charge in [-0.05, 0) is 49.4 Å². The van der Waals surface area contributed by atoms with E-state index in [2.05, 4.69) is 77.1 Å². The van der Waals surface area contributed by atoms with Gasteiger partial charge in [-0.3, -0.25) is 4.57 Å². The third-order valence-electron chi connectivity index (χ3n) is 4.49. The summed E-state index contributed by atoms with van der Waals surface area (Å²) in [6.45, 7) is 2.10. The first-order valence-corrected chi connectivity index (χ1v) is 8.03. The quantitative estimate of drug-likeness (QED) is 0.434. The molecule has 114 valence electrons. The van der Waals surface area contributed by atoms with Gasteiger partial charge in [0.15, 0.2) is 0 Å². The zero-order valence-corrected chi connectivity index (χ0v) is 13.3. The monoisotopic (exact) mass is 309 g/mol. The van der Waals surface area contributed by atoms with Crippen molar-refractivity contribution in [3.8, 4) is 5.82 Å². The first-order chi connectivity index (χ1) is 11.8. The van der Waals surface area contributed by atoms with Gasteiger partial charge in [-0.15, -0.1) is 0 Å². The molecule has 5 aromatic rings. The molecule has 0 aliphatic carbocycles. The van der Waals surface area contributed by atoms with E-state index in [1.54, 1.807) is 0 Å². The summed E-state index contributed by atoms with van der Waals surface area (Å²) < 4.78 is 2.14. The predicted molar refractivity (Wildman–Crippen MR) is 98.6 cm³/mol. The molecule has 0 bridgehead atoms. The Balaban J connectivity index is 1.89. The number of benzene rings is 2. The van der Waals surface area contributed by atoms with E-state index in [9.17, 15) is 0 Å². The highest BCUT2D eigenvalue weighted by molar-refractivity contribution is 6.07. The zero-order chi connectivity index (χ0) is 16.1. The van der Waals surface area contributed by atoms with Crippen molar-refractivity contribution in [1.82, 2.24) is 14.5 Å². The van der Waals surface area contributed by atoms with E-state index < -0.39 is 0 Å². The van der Waals surface area contributed by atoms with Crippen LogP contribution in [-0.2, 0) is 0 Å². The van der Waals surface area contributed by atoms with E-state index in [1.807, 2.05) is 12.3 Å². The predicted octanol–water partition coefficient (Wildman–Crippen LogP) is 5.04. The average molecular weight is 309 g/mol. The van der Waals surface area contributed by atoms with Crippen LogP contribution in [0, 0.1) is 6.92 Å². The largest absolute Gasteiger partial charge is 0.278 e. The van der Waals surface area contributed by atoms with Crippen LogP contribution in [-0.4, -0.2) is 14.5 Å². The van der Waals surface area contributed by atoms with E-state index in [0.29, 0.717) is 0 Å². The Morgan fingerprint density at radius 2 is 1.71 bits per heavy atom. The van der Waals surface area contributed by atoms with Crippen molar-refractivity contribution in [3.05, 3.63) is 78.5 Å². The van der Waals surface area contributed by atoms with Gasteiger partial charge in [0.1, 0.15) is 11.5 Å². The van der Waals surface area contributed by atoms with Gasteiger partial charge in [0, 0.05) is 22.4 Å². The smallest absolute Gasteiger partial charge is 0.146 e. The van der Waals surface area contributed by atoms with Crippen molar-refractivity contribution >= 4 is 32.8 Å². The standard InChI is InChI=1S/C21H15N3/c1-14-8-10-18-15(13-14)9-11-20(23-18)24-19-7-3-2-5-16(19)17-6-4-12-22-21(17)24/h2-13H,1H3. The fourth-order valence-electron chi connectivity index (χ4n) is 3.39. The highest BCUT2D eigenvalue weighted by Crippen LogP contribution is 2.30. The Morgan fingerprint density at radius 3 is 2.67 bits per heavy atom. The summed E-state index contributed by atoms with van der Waals surface area (Å²) in [5.74, 6) is 0.899. The van der Waals surface area contributed by atoms with Crippen LogP contribution in [0.15, 0.2) is 72.9 Å². The summed E-state index contributed by atoms with van der Waals surface area (Å²) in [4.78, 5) is 9.49. The van der Waals surface area contributed by atoms with E-state index in [0.717, 1.165) is 33.3 Å². The Labute approximate surface area is 139 Å². The maximum Gasteiger partial charge on any atom is 0.146 e. The highest BCUT2D eigenvalue weighted by atomic mass is 15.1. The lowest BCUT2D eigenvalue weighted by atomic mass is 10.1. The molecule has 24 heavy (non-hydrogen) atoms. The summed E-state index contributed by atoms with van der Waals surface area (Å²) in [6, 6.07) is 23.0. The van der Waals surface area contributed by atoms with Gasteiger partial charge in [-0.25, -0.2) is 9.97 Å². The molecule has 0 fully saturated rings. The van der Waals surface area contributed by atoms with Gasteiger partial charge < -0.3 is 0 Å². The fourth-order valence-corrected chi connectivity index (χ4v) is 3.39. The van der Waals surface area contributed by atoms with Crippen molar-refractivity contribution < 1.29 is 0 Å². The number of pyridine rings is 2. The molecule has 0 atom stereocenters. The van der Waals surface area contributed by atoms with Crippen molar-refractivity contribution in [2.75, 3.05) is 0 Å². The van der Waals surface area contributed by atoms with E-state index >= 15 is 0 Å².